The average Bonchev–Trinajstić information content (AvgIpc) is 3.02. The summed E-state index contributed by atoms with van der Waals surface area (Å²) in [6.07, 6.45) is 1.36. The number of nitrogens with two attached hydrogens (primary N) is 1. The van der Waals surface area contributed by atoms with Gasteiger partial charge in [0.2, 0.25) is 0 Å². The largest absolute Gasteiger partial charge is 0.470 e. The van der Waals surface area contributed by atoms with Crippen LogP contribution < -0.4 is 5.73 Å². The molecule has 0 unspecified atom stereocenters. The van der Waals surface area contributed by atoms with E-state index < -0.39 is 38.3 Å². The monoisotopic (exact) mass is 361 g/mol. The van der Waals surface area contributed by atoms with E-state index in [0.29, 0.717) is 0 Å². The van der Waals surface area contributed by atoms with Crippen LogP contribution in [-0.4, -0.2) is 62.4 Å². The minimum absolute atomic E-state index is 0.0680. The van der Waals surface area contributed by atoms with Crippen molar-refractivity contribution >= 4 is 13.7 Å². The number of carbonyl (C=O) groups is 1. The summed E-state index contributed by atoms with van der Waals surface area (Å²) in [5.74, 6) is 1.32. The molecular weight excluding hydrogens is 345 g/mol. The van der Waals surface area contributed by atoms with Crippen LogP contribution in [0.1, 0.15) is 22.4 Å². The van der Waals surface area contributed by atoms with Gasteiger partial charge in [-0.1, -0.05) is 0 Å². The number of methoxy groups -OCH3 is 1. The highest BCUT2D eigenvalue weighted by molar-refractivity contribution is 7.46. The number of aliphatic hydroxyl groups excluding tert-OH is 1. The van der Waals surface area contributed by atoms with Crippen molar-refractivity contribution in [3.8, 4) is 12.3 Å². The molecule has 2 rings (SSSR count). The van der Waals surface area contributed by atoms with E-state index in [0.717, 1.165) is 10.9 Å². The summed E-state index contributed by atoms with van der Waals surface area (Å²) in [5, 5.41) is 10.2. The summed E-state index contributed by atoms with van der Waals surface area (Å²) in [4.78, 5) is 33.2. The Hall–Kier alpha value is -1.77. The van der Waals surface area contributed by atoms with Gasteiger partial charge in [0.25, 0.3) is 5.91 Å². The molecule has 1 aliphatic heterocycles. The van der Waals surface area contributed by atoms with Crippen LogP contribution >= 0.6 is 7.82 Å². The van der Waals surface area contributed by atoms with Crippen LogP contribution in [-0.2, 0) is 18.6 Å². The number of carbonyl (C=O) groups excluding carboxylic acids is 1. The molecule has 11 nitrogen and oxygen atoms in total. The summed E-state index contributed by atoms with van der Waals surface area (Å²) >= 11 is 0. The molecule has 0 saturated carbocycles. The molecule has 132 valence electrons. The Morgan fingerprint density at radius 2 is 2.29 bits per heavy atom. The Balaban J connectivity index is 2.44. The molecule has 0 spiro atoms. The van der Waals surface area contributed by atoms with E-state index in [9.17, 15) is 14.5 Å². The van der Waals surface area contributed by atoms with E-state index in [4.69, 9.17) is 31.4 Å². The molecule has 0 aromatic carbocycles. The van der Waals surface area contributed by atoms with Crippen LogP contribution in [0.4, 0.5) is 0 Å². The molecule has 0 aliphatic carbocycles. The number of ether oxygens (including phenoxy) is 2. The van der Waals surface area contributed by atoms with Crippen LogP contribution in [0.15, 0.2) is 6.33 Å². The maximum Gasteiger partial charge on any atom is 0.470 e. The normalized spacial score (nSPS) is 27.1. The fourth-order valence-electron chi connectivity index (χ4n) is 2.39. The van der Waals surface area contributed by atoms with Gasteiger partial charge in [-0.2, -0.15) is 0 Å². The fraction of sp³-hybridized carbons (Fsp3) is 0.500. The first kappa shape index (κ1) is 18.6. The third kappa shape index (κ3) is 3.66. The van der Waals surface area contributed by atoms with E-state index >= 15 is 0 Å². The zero-order chi connectivity index (χ0) is 18.1. The van der Waals surface area contributed by atoms with Crippen LogP contribution in [0.5, 0.6) is 0 Å². The number of aliphatic hydroxyl groups is 1. The smallest absolute Gasteiger partial charge is 0.387 e. The maximum atomic E-state index is 11.3. The Kier molecular flexibility index (Phi) is 5.42. The Morgan fingerprint density at radius 3 is 2.79 bits per heavy atom. The molecule has 1 amide bonds. The quantitative estimate of drug-likeness (QED) is 0.343. The standard InChI is InChI=1S/C12H16N3O8P/c1-3-6-8(11(13)17)14-5-15(6)12-10(23-24(18,19)20)9(16)7(22-12)4-21-2/h1,5,7,9-10,12,16H,4H2,2H3,(H2,13,17)(H2,18,19,20)/t7-,9-,10-,12-/m1/s1. The minimum atomic E-state index is -4.95. The minimum Gasteiger partial charge on any atom is -0.387 e. The lowest BCUT2D eigenvalue weighted by Crippen LogP contribution is -2.35. The van der Waals surface area contributed by atoms with Gasteiger partial charge in [-0.05, 0) is 5.92 Å². The third-order valence-electron chi connectivity index (χ3n) is 3.34. The van der Waals surface area contributed by atoms with Gasteiger partial charge in [0, 0.05) is 7.11 Å². The molecule has 2 heterocycles. The van der Waals surface area contributed by atoms with E-state index in [-0.39, 0.29) is 18.0 Å². The van der Waals surface area contributed by atoms with Crippen molar-refractivity contribution in [1.82, 2.24) is 9.55 Å². The molecule has 4 atom stereocenters. The number of nitrogens with zero attached hydrogens (tertiary/aromatic N) is 2. The van der Waals surface area contributed by atoms with Crippen molar-refractivity contribution in [3.63, 3.8) is 0 Å². The van der Waals surface area contributed by atoms with Gasteiger partial charge < -0.3 is 30.1 Å². The Labute approximate surface area is 136 Å². The first-order valence-corrected chi connectivity index (χ1v) is 8.12. The number of imidazole rings is 1. The van der Waals surface area contributed by atoms with E-state index in [1.165, 1.54) is 7.11 Å². The summed E-state index contributed by atoms with van der Waals surface area (Å²) in [6, 6.07) is 0. The van der Waals surface area contributed by atoms with Gasteiger partial charge in [0.15, 0.2) is 11.9 Å². The second kappa shape index (κ2) is 7.00. The lowest BCUT2D eigenvalue weighted by molar-refractivity contribution is -0.0593. The number of primary amides is 1. The number of terminal acetylenes is 1. The number of hydrogen-bond acceptors (Lipinski definition) is 7. The van der Waals surface area contributed by atoms with Gasteiger partial charge in [0.05, 0.1) is 12.9 Å². The lowest BCUT2D eigenvalue weighted by Gasteiger charge is -2.22. The molecule has 0 bridgehead atoms. The number of aromatic nitrogens is 2. The molecule has 1 aromatic rings. The lowest BCUT2D eigenvalue weighted by atomic mass is 10.1. The van der Waals surface area contributed by atoms with Gasteiger partial charge in [-0.25, -0.2) is 9.55 Å². The summed E-state index contributed by atoms with van der Waals surface area (Å²) in [7, 11) is -3.59. The second-order valence-corrected chi connectivity index (χ2v) is 6.12. The average molecular weight is 361 g/mol. The van der Waals surface area contributed by atoms with Crippen LogP contribution in [0, 0.1) is 12.3 Å². The molecule has 0 radical (unpaired) electrons. The summed E-state index contributed by atoms with van der Waals surface area (Å²) in [6.45, 7) is -0.0680. The van der Waals surface area contributed by atoms with Gasteiger partial charge in [0.1, 0.15) is 24.0 Å². The highest BCUT2D eigenvalue weighted by Gasteiger charge is 2.49. The zero-order valence-corrected chi connectivity index (χ0v) is 13.4. The topological polar surface area (TPSA) is 166 Å². The third-order valence-corrected chi connectivity index (χ3v) is 3.86. The zero-order valence-electron chi connectivity index (χ0n) is 12.5. The van der Waals surface area contributed by atoms with Gasteiger partial charge >= 0.3 is 7.82 Å². The molecule has 1 fully saturated rings. The molecule has 12 heteroatoms. The number of phosphoric acid groups is 1. The SMILES string of the molecule is C#Cc1c(C(N)=O)ncn1[C@@H]1O[C@H](COC)[C@@H](O)[C@H]1OP(=O)(O)O. The van der Waals surface area contributed by atoms with E-state index in [1.54, 1.807) is 0 Å². The molecular formula is C12H16N3O8P. The number of hydrogen-bond donors (Lipinski definition) is 4. The predicted octanol–water partition coefficient (Wildman–Crippen LogP) is -1.65. The van der Waals surface area contributed by atoms with Crippen molar-refractivity contribution in [2.24, 2.45) is 5.73 Å². The summed E-state index contributed by atoms with van der Waals surface area (Å²) < 4.78 is 27.4. The van der Waals surface area contributed by atoms with Crippen LogP contribution in [0.3, 0.4) is 0 Å². The van der Waals surface area contributed by atoms with Crippen LogP contribution in [0.2, 0.25) is 0 Å². The van der Waals surface area contributed by atoms with Gasteiger partial charge in [-0.15, -0.1) is 6.42 Å². The number of phosphoric ester groups is 1. The molecule has 5 N–H and O–H groups in total. The first-order chi connectivity index (χ1) is 11.2. The van der Waals surface area contributed by atoms with E-state index in [1.807, 2.05) is 0 Å². The summed E-state index contributed by atoms with van der Waals surface area (Å²) in [5.41, 5.74) is 4.87. The Morgan fingerprint density at radius 1 is 1.62 bits per heavy atom. The van der Waals surface area contributed by atoms with Crippen molar-refractivity contribution in [2.45, 2.75) is 24.5 Å². The maximum absolute atomic E-state index is 11.3. The first-order valence-electron chi connectivity index (χ1n) is 6.59. The van der Waals surface area contributed by atoms with Crippen molar-refractivity contribution in [3.05, 3.63) is 17.7 Å². The molecule has 1 saturated heterocycles. The van der Waals surface area contributed by atoms with Crippen molar-refractivity contribution in [1.29, 1.82) is 0 Å². The number of amides is 1. The van der Waals surface area contributed by atoms with Crippen molar-refractivity contribution in [2.75, 3.05) is 13.7 Å². The molecule has 24 heavy (non-hydrogen) atoms. The fourth-order valence-corrected chi connectivity index (χ4v) is 2.94. The van der Waals surface area contributed by atoms with Crippen LogP contribution in [0.25, 0.3) is 0 Å². The highest BCUT2D eigenvalue weighted by atomic mass is 31.2. The van der Waals surface area contributed by atoms with Crippen molar-refractivity contribution < 1.29 is 38.3 Å². The predicted molar refractivity (Wildman–Crippen MR) is 77.4 cm³/mol. The van der Waals surface area contributed by atoms with E-state index in [2.05, 4.69) is 15.4 Å². The molecule has 1 aromatic heterocycles. The second-order valence-electron chi connectivity index (χ2n) is 4.93. The molecule has 1 aliphatic rings. The highest BCUT2D eigenvalue weighted by Crippen LogP contribution is 2.45. The Bertz CT molecular complexity index is 708. The van der Waals surface area contributed by atoms with Gasteiger partial charge in [-0.3, -0.25) is 13.9 Å². The number of rotatable bonds is 6.